The van der Waals surface area contributed by atoms with Crippen molar-refractivity contribution in [2.75, 3.05) is 0 Å². The molecule has 1 heteroatoms. The van der Waals surface area contributed by atoms with Crippen molar-refractivity contribution in [3.8, 4) is 0 Å². The third-order valence-electron chi connectivity index (χ3n) is 4.66. The molecule has 2 rings (SSSR count). The second kappa shape index (κ2) is 4.22. The largest absolute Gasteiger partial charge is 0.393 e. The lowest BCUT2D eigenvalue weighted by molar-refractivity contribution is 0.0980. The van der Waals surface area contributed by atoms with Crippen LogP contribution in [0.15, 0.2) is 0 Å². The van der Waals surface area contributed by atoms with Gasteiger partial charge in [-0.3, -0.25) is 0 Å². The molecule has 5 atom stereocenters. The highest BCUT2D eigenvalue weighted by Crippen LogP contribution is 2.44. The first-order valence-corrected chi connectivity index (χ1v) is 6.36. The molecular weight excluding hydrogens is 172 g/mol. The zero-order valence-corrected chi connectivity index (χ0v) is 9.58. The van der Waals surface area contributed by atoms with Crippen LogP contribution in [0.1, 0.15) is 52.4 Å². The molecule has 0 saturated heterocycles. The molecule has 2 fully saturated rings. The molecule has 0 amide bonds. The van der Waals surface area contributed by atoms with Gasteiger partial charge >= 0.3 is 0 Å². The molecule has 82 valence electrons. The van der Waals surface area contributed by atoms with Gasteiger partial charge in [0, 0.05) is 0 Å². The Bertz CT molecular complexity index is 190. The summed E-state index contributed by atoms with van der Waals surface area (Å²) in [5, 5.41) is 9.76. The Morgan fingerprint density at radius 1 is 1.00 bits per heavy atom. The van der Waals surface area contributed by atoms with Gasteiger partial charge in [-0.05, 0) is 42.9 Å². The minimum absolute atomic E-state index is 0.00256. The smallest absolute Gasteiger partial charge is 0.0568 e. The van der Waals surface area contributed by atoms with Crippen LogP contribution in [0.5, 0.6) is 0 Å². The lowest BCUT2D eigenvalue weighted by Gasteiger charge is -2.33. The quantitative estimate of drug-likeness (QED) is 0.682. The van der Waals surface area contributed by atoms with Gasteiger partial charge in [-0.15, -0.1) is 0 Å². The van der Waals surface area contributed by atoms with Gasteiger partial charge in [0.15, 0.2) is 0 Å². The molecule has 0 aromatic carbocycles. The van der Waals surface area contributed by atoms with Gasteiger partial charge in [-0.2, -0.15) is 0 Å². The van der Waals surface area contributed by atoms with Gasteiger partial charge in [-0.1, -0.05) is 33.1 Å². The molecule has 1 N–H and O–H groups in total. The molecule has 0 aromatic rings. The van der Waals surface area contributed by atoms with Crippen LogP contribution in [-0.2, 0) is 0 Å². The van der Waals surface area contributed by atoms with Crippen molar-refractivity contribution in [3.63, 3.8) is 0 Å². The van der Waals surface area contributed by atoms with E-state index in [4.69, 9.17) is 0 Å². The maximum Gasteiger partial charge on any atom is 0.0568 e. The van der Waals surface area contributed by atoms with Crippen molar-refractivity contribution in [2.24, 2.45) is 23.7 Å². The van der Waals surface area contributed by atoms with E-state index in [9.17, 15) is 5.11 Å². The normalized spacial score (nSPS) is 49.5. The summed E-state index contributed by atoms with van der Waals surface area (Å²) >= 11 is 0. The summed E-state index contributed by atoms with van der Waals surface area (Å²) in [5.41, 5.74) is 0. The average Bonchev–Trinajstić information content (AvgIpc) is 2.48. The van der Waals surface area contributed by atoms with Crippen LogP contribution in [0, 0.1) is 23.7 Å². The van der Waals surface area contributed by atoms with E-state index in [0.717, 1.165) is 24.2 Å². The number of rotatable bonds is 1. The first-order valence-electron chi connectivity index (χ1n) is 6.36. The summed E-state index contributed by atoms with van der Waals surface area (Å²) in [6.07, 6.45) is 8.02. The second-order valence-electron chi connectivity index (χ2n) is 5.70. The lowest BCUT2D eigenvalue weighted by Crippen LogP contribution is -2.26. The molecule has 5 unspecified atom stereocenters. The highest BCUT2D eigenvalue weighted by atomic mass is 16.3. The summed E-state index contributed by atoms with van der Waals surface area (Å²) < 4.78 is 0. The molecule has 14 heavy (non-hydrogen) atoms. The maximum absolute atomic E-state index is 9.76. The van der Waals surface area contributed by atoms with E-state index < -0.39 is 0 Å². The topological polar surface area (TPSA) is 20.2 Å². The van der Waals surface area contributed by atoms with Gasteiger partial charge in [0.1, 0.15) is 0 Å². The molecule has 0 heterocycles. The van der Waals surface area contributed by atoms with E-state index in [1.54, 1.807) is 0 Å². The number of aliphatic hydroxyl groups is 1. The molecule has 0 bridgehead atoms. The Labute approximate surface area is 87.9 Å². The zero-order valence-electron chi connectivity index (χ0n) is 9.58. The van der Waals surface area contributed by atoms with Crippen molar-refractivity contribution >= 4 is 0 Å². The van der Waals surface area contributed by atoms with Gasteiger partial charge in [0.25, 0.3) is 0 Å². The number of aliphatic hydroxyl groups excluding tert-OH is 1. The van der Waals surface area contributed by atoms with Crippen LogP contribution in [-0.4, -0.2) is 11.2 Å². The van der Waals surface area contributed by atoms with Crippen molar-refractivity contribution < 1.29 is 5.11 Å². The Morgan fingerprint density at radius 2 is 1.79 bits per heavy atom. The van der Waals surface area contributed by atoms with Crippen LogP contribution in [0.2, 0.25) is 0 Å². The van der Waals surface area contributed by atoms with Gasteiger partial charge in [-0.25, -0.2) is 0 Å². The Kier molecular flexibility index (Phi) is 3.16. The van der Waals surface area contributed by atoms with E-state index >= 15 is 0 Å². The molecule has 0 radical (unpaired) electrons. The van der Waals surface area contributed by atoms with E-state index in [-0.39, 0.29) is 6.10 Å². The van der Waals surface area contributed by atoms with E-state index in [2.05, 4.69) is 13.8 Å². The van der Waals surface area contributed by atoms with Crippen molar-refractivity contribution in [1.29, 1.82) is 0 Å². The van der Waals surface area contributed by atoms with Crippen molar-refractivity contribution in [2.45, 2.75) is 58.5 Å². The minimum Gasteiger partial charge on any atom is -0.393 e. The second-order valence-corrected chi connectivity index (χ2v) is 5.70. The molecule has 0 spiro atoms. The molecule has 2 aliphatic carbocycles. The molecule has 1 nitrogen and oxygen atoms in total. The van der Waals surface area contributed by atoms with Crippen LogP contribution in [0.3, 0.4) is 0 Å². The predicted octanol–water partition coefficient (Wildman–Crippen LogP) is 3.22. The molecular formula is C13H24O. The van der Waals surface area contributed by atoms with E-state index in [1.165, 1.54) is 32.1 Å². The van der Waals surface area contributed by atoms with Crippen LogP contribution in [0.4, 0.5) is 0 Å². The monoisotopic (exact) mass is 196 g/mol. The van der Waals surface area contributed by atoms with E-state index in [0.29, 0.717) is 5.92 Å². The third-order valence-corrected chi connectivity index (χ3v) is 4.66. The van der Waals surface area contributed by atoms with E-state index in [1.807, 2.05) is 0 Å². The Morgan fingerprint density at radius 3 is 2.36 bits per heavy atom. The number of hydrogen-bond donors (Lipinski definition) is 1. The summed E-state index contributed by atoms with van der Waals surface area (Å²) in [4.78, 5) is 0. The molecule has 0 aromatic heterocycles. The fourth-order valence-corrected chi connectivity index (χ4v) is 3.71. The maximum atomic E-state index is 9.76. The predicted molar refractivity (Wildman–Crippen MR) is 59.0 cm³/mol. The summed E-state index contributed by atoms with van der Waals surface area (Å²) in [6, 6.07) is 0. The van der Waals surface area contributed by atoms with Crippen molar-refractivity contribution in [3.05, 3.63) is 0 Å². The van der Waals surface area contributed by atoms with Gasteiger partial charge < -0.3 is 5.11 Å². The highest BCUT2D eigenvalue weighted by molar-refractivity contribution is 4.88. The fourth-order valence-electron chi connectivity index (χ4n) is 3.71. The molecule has 2 saturated carbocycles. The molecule has 2 aliphatic rings. The minimum atomic E-state index is -0.00256. The SMILES string of the molecule is CC1CCCC(C2CCC(O)C2C)C1. The Balaban J connectivity index is 1.94. The molecule has 0 aliphatic heterocycles. The standard InChI is InChI=1S/C13H24O/c1-9-4-3-5-11(8-9)12-6-7-13(14)10(12)2/h9-14H,3-8H2,1-2H3. The summed E-state index contributed by atoms with van der Waals surface area (Å²) in [5.74, 6) is 3.24. The summed E-state index contributed by atoms with van der Waals surface area (Å²) in [6.45, 7) is 4.64. The fraction of sp³-hybridized carbons (Fsp3) is 1.00. The first-order chi connectivity index (χ1) is 6.68. The zero-order chi connectivity index (χ0) is 10.1. The highest BCUT2D eigenvalue weighted by Gasteiger charge is 2.37. The first kappa shape index (κ1) is 10.5. The Hall–Kier alpha value is -0.0400. The van der Waals surface area contributed by atoms with Gasteiger partial charge in [0.05, 0.1) is 6.10 Å². The van der Waals surface area contributed by atoms with Crippen molar-refractivity contribution in [1.82, 2.24) is 0 Å². The van der Waals surface area contributed by atoms with Crippen LogP contribution < -0.4 is 0 Å². The summed E-state index contributed by atoms with van der Waals surface area (Å²) in [7, 11) is 0. The lowest BCUT2D eigenvalue weighted by atomic mass is 9.72. The third kappa shape index (κ3) is 1.98. The van der Waals surface area contributed by atoms with Crippen LogP contribution in [0.25, 0.3) is 0 Å². The van der Waals surface area contributed by atoms with Crippen LogP contribution >= 0.6 is 0 Å². The average molecular weight is 196 g/mol. The van der Waals surface area contributed by atoms with Gasteiger partial charge in [0.2, 0.25) is 0 Å². The number of hydrogen-bond acceptors (Lipinski definition) is 1.